The third kappa shape index (κ3) is 5.82. The molecule has 0 aliphatic carbocycles. The predicted molar refractivity (Wildman–Crippen MR) is 79.3 cm³/mol. The lowest BCUT2D eigenvalue weighted by Gasteiger charge is -2.10. The number of esters is 1. The monoisotopic (exact) mass is 314 g/mol. The van der Waals surface area contributed by atoms with Gasteiger partial charge in [0.15, 0.2) is 0 Å². The second-order valence-corrected chi connectivity index (χ2v) is 6.79. The van der Waals surface area contributed by atoms with Crippen LogP contribution in [-0.2, 0) is 14.6 Å². The first-order chi connectivity index (χ1) is 9.73. The van der Waals surface area contributed by atoms with Gasteiger partial charge in [-0.25, -0.2) is 18.0 Å². The number of rotatable bonds is 5. The second kappa shape index (κ2) is 7.07. The zero-order valence-corrected chi connectivity index (χ0v) is 12.9. The van der Waals surface area contributed by atoms with E-state index in [9.17, 15) is 18.0 Å². The quantitative estimate of drug-likeness (QED) is 0.788. The van der Waals surface area contributed by atoms with Gasteiger partial charge in [-0.3, -0.25) is 0 Å². The van der Waals surface area contributed by atoms with E-state index in [-0.39, 0.29) is 12.3 Å². The van der Waals surface area contributed by atoms with E-state index >= 15 is 0 Å². The lowest BCUT2D eigenvalue weighted by Crippen LogP contribution is -2.32. The summed E-state index contributed by atoms with van der Waals surface area (Å²) in [5, 5.41) is 5.03. The summed E-state index contributed by atoms with van der Waals surface area (Å²) in [6.07, 6.45) is 1.10. The summed E-state index contributed by atoms with van der Waals surface area (Å²) in [7, 11) is -1.82. The summed E-state index contributed by atoms with van der Waals surface area (Å²) in [6.45, 7) is 1.77. The van der Waals surface area contributed by atoms with Crippen LogP contribution < -0.4 is 10.6 Å². The molecule has 0 aliphatic rings. The van der Waals surface area contributed by atoms with Crippen molar-refractivity contribution in [2.45, 2.75) is 6.92 Å². The molecule has 2 amide bonds. The van der Waals surface area contributed by atoms with E-state index in [0.29, 0.717) is 16.8 Å². The molecule has 116 valence electrons. The average molecular weight is 314 g/mol. The van der Waals surface area contributed by atoms with Crippen molar-refractivity contribution in [3.8, 4) is 0 Å². The Morgan fingerprint density at radius 1 is 1.29 bits per heavy atom. The van der Waals surface area contributed by atoms with Crippen LogP contribution in [0.2, 0.25) is 0 Å². The number of ether oxygens (including phenoxy) is 1. The van der Waals surface area contributed by atoms with Gasteiger partial charge < -0.3 is 15.4 Å². The van der Waals surface area contributed by atoms with Gasteiger partial charge in [0.2, 0.25) is 0 Å². The number of methoxy groups -OCH3 is 1. The number of aryl methyl sites for hydroxylation is 1. The van der Waals surface area contributed by atoms with Crippen molar-refractivity contribution < 1.29 is 22.7 Å². The van der Waals surface area contributed by atoms with Crippen LogP contribution in [-0.4, -0.2) is 46.1 Å². The van der Waals surface area contributed by atoms with Crippen LogP contribution in [0.15, 0.2) is 18.2 Å². The van der Waals surface area contributed by atoms with Gasteiger partial charge in [0, 0.05) is 18.5 Å². The topological polar surface area (TPSA) is 102 Å². The highest BCUT2D eigenvalue weighted by molar-refractivity contribution is 7.90. The number of carbonyl (C=O) groups excluding carboxylic acids is 2. The predicted octanol–water partition coefficient (Wildman–Crippen LogP) is 0.948. The van der Waals surface area contributed by atoms with Crippen molar-refractivity contribution >= 4 is 27.5 Å². The number of hydrogen-bond acceptors (Lipinski definition) is 5. The van der Waals surface area contributed by atoms with E-state index in [0.717, 1.165) is 6.26 Å². The zero-order valence-electron chi connectivity index (χ0n) is 12.1. The number of benzene rings is 1. The SMILES string of the molecule is COC(=O)c1ccc(NC(=O)NCCS(C)(=O)=O)c(C)c1. The molecule has 0 bridgehead atoms. The minimum atomic E-state index is -3.11. The van der Waals surface area contributed by atoms with E-state index in [1.54, 1.807) is 19.1 Å². The maximum absolute atomic E-state index is 11.6. The summed E-state index contributed by atoms with van der Waals surface area (Å²) in [5.41, 5.74) is 1.61. The molecule has 1 aromatic rings. The molecule has 0 heterocycles. The van der Waals surface area contributed by atoms with Crippen molar-refractivity contribution in [1.29, 1.82) is 0 Å². The molecular formula is C13H18N2O5S. The summed E-state index contributed by atoms with van der Waals surface area (Å²) >= 11 is 0. The van der Waals surface area contributed by atoms with Crippen LogP contribution in [0.4, 0.5) is 10.5 Å². The van der Waals surface area contributed by atoms with E-state index < -0.39 is 21.8 Å². The summed E-state index contributed by atoms with van der Waals surface area (Å²) in [5.74, 6) is -0.581. The van der Waals surface area contributed by atoms with Crippen LogP contribution in [0, 0.1) is 6.92 Å². The molecule has 21 heavy (non-hydrogen) atoms. The highest BCUT2D eigenvalue weighted by Gasteiger charge is 2.10. The van der Waals surface area contributed by atoms with Crippen LogP contribution in [0.1, 0.15) is 15.9 Å². The number of amides is 2. The third-order valence-corrected chi connectivity index (χ3v) is 3.60. The van der Waals surface area contributed by atoms with Gasteiger partial charge in [-0.1, -0.05) is 0 Å². The van der Waals surface area contributed by atoms with Crippen LogP contribution in [0.3, 0.4) is 0 Å². The lowest BCUT2D eigenvalue weighted by atomic mass is 10.1. The van der Waals surface area contributed by atoms with Gasteiger partial charge in [0.25, 0.3) is 0 Å². The van der Waals surface area contributed by atoms with Crippen molar-refractivity contribution in [2.75, 3.05) is 31.0 Å². The number of nitrogens with one attached hydrogen (secondary N) is 2. The smallest absolute Gasteiger partial charge is 0.337 e. The van der Waals surface area contributed by atoms with Gasteiger partial charge >= 0.3 is 12.0 Å². The fourth-order valence-electron chi connectivity index (χ4n) is 1.57. The summed E-state index contributed by atoms with van der Waals surface area (Å²) < 4.78 is 26.5. The minimum absolute atomic E-state index is 0.0317. The van der Waals surface area contributed by atoms with Gasteiger partial charge in [0.1, 0.15) is 9.84 Å². The molecule has 1 rings (SSSR count). The summed E-state index contributed by atoms with van der Waals surface area (Å²) in [6, 6.07) is 4.20. The largest absolute Gasteiger partial charge is 0.465 e. The van der Waals surface area contributed by atoms with Gasteiger partial charge in [-0.05, 0) is 30.7 Å². The van der Waals surface area contributed by atoms with Crippen molar-refractivity contribution in [1.82, 2.24) is 5.32 Å². The van der Waals surface area contributed by atoms with Crippen LogP contribution in [0.25, 0.3) is 0 Å². The number of carbonyl (C=O) groups is 2. The lowest BCUT2D eigenvalue weighted by molar-refractivity contribution is 0.0600. The molecule has 0 saturated heterocycles. The van der Waals surface area contributed by atoms with Gasteiger partial charge in [-0.2, -0.15) is 0 Å². The Morgan fingerprint density at radius 3 is 2.48 bits per heavy atom. The first kappa shape index (κ1) is 17.0. The molecule has 0 saturated carbocycles. The fraction of sp³-hybridized carbons (Fsp3) is 0.385. The Bertz CT molecular complexity index is 640. The molecule has 0 fully saturated rings. The van der Waals surface area contributed by atoms with Gasteiger partial charge in [-0.15, -0.1) is 0 Å². The minimum Gasteiger partial charge on any atom is -0.465 e. The highest BCUT2D eigenvalue weighted by Crippen LogP contribution is 2.16. The Morgan fingerprint density at radius 2 is 1.95 bits per heavy atom. The average Bonchev–Trinajstić information content (AvgIpc) is 2.38. The molecule has 0 aliphatic heterocycles. The molecule has 0 spiro atoms. The second-order valence-electron chi connectivity index (χ2n) is 4.53. The molecule has 1 aromatic carbocycles. The van der Waals surface area contributed by atoms with Crippen molar-refractivity contribution in [3.05, 3.63) is 29.3 Å². The molecular weight excluding hydrogens is 296 g/mol. The fourth-order valence-corrected chi connectivity index (χ4v) is 2.04. The number of hydrogen-bond donors (Lipinski definition) is 2. The zero-order chi connectivity index (χ0) is 16.0. The number of urea groups is 1. The van der Waals surface area contributed by atoms with Crippen molar-refractivity contribution in [3.63, 3.8) is 0 Å². The third-order valence-electron chi connectivity index (χ3n) is 2.65. The highest BCUT2D eigenvalue weighted by atomic mass is 32.2. The standard InChI is InChI=1S/C13H18N2O5S/c1-9-8-10(12(16)20-2)4-5-11(9)15-13(17)14-6-7-21(3,18)19/h4-5,8H,6-7H2,1-3H3,(H2,14,15,17). The van der Waals surface area contributed by atoms with Crippen LogP contribution >= 0.6 is 0 Å². The molecule has 8 heteroatoms. The molecule has 7 nitrogen and oxygen atoms in total. The molecule has 2 N–H and O–H groups in total. The first-order valence-electron chi connectivity index (χ1n) is 6.14. The molecule has 0 radical (unpaired) electrons. The maximum atomic E-state index is 11.6. The van der Waals surface area contributed by atoms with E-state index in [1.807, 2.05) is 0 Å². The Balaban J connectivity index is 2.62. The van der Waals surface area contributed by atoms with Gasteiger partial charge in [0.05, 0.1) is 18.4 Å². The number of anilines is 1. The Kier molecular flexibility index (Phi) is 5.71. The normalized spacial score (nSPS) is 10.8. The van der Waals surface area contributed by atoms with Crippen LogP contribution in [0.5, 0.6) is 0 Å². The van der Waals surface area contributed by atoms with Crippen molar-refractivity contribution in [2.24, 2.45) is 0 Å². The molecule has 0 unspecified atom stereocenters. The maximum Gasteiger partial charge on any atom is 0.337 e. The number of sulfone groups is 1. The van der Waals surface area contributed by atoms with E-state index in [1.165, 1.54) is 13.2 Å². The Hall–Kier alpha value is -2.09. The van der Waals surface area contributed by atoms with E-state index in [4.69, 9.17) is 0 Å². The Labute approximate surface area is 123 Å². The molecule has 0 aromatic heterocycles. The first-order valence-corrected chi connectivity index (χ1v) is 8.20. The summed E-state index contributed by atoms with van der Waals surface area (Å²) in [4.78, 5) is 23.0. The molecule has 0 atom stereocenters. The van der Waals surface area contributed by atoms with E-state index in [2.05, 4.69) is 15.4 Å².